The first-order chi connectivity index (χ1) is 13.9. The number of nitriles is 1. The predicted octanol–water partition coefficient (Wildman–Crippen LogP) is 4.96. The van der Waals surface area contributed by atoms with Crippen molar-refractivity contribution in [3.05, 3.63) is 82.7 Å². The van der Waals surface area contributed by atoms with Crippen molar-refractivity contribution >= 4 is 17.7 Å². The number of hydrogen-bond donors (Lipinski definition) is 1. The van der Waals surface area contributed by atoms with Crippen molar-refractivity contribution in [2.24, 2.45) is 0 Å². The Bertz CT molecular complexity index is 1130. The molecule has 3 aromatic rings. The Morgan fingerprint density at radius 3 is 2.55 bits per heavy atom. The second kappa shape index (κ2) is 8.49. The van der Waals surface area contributed by atoms with Crippen molar-refractivity contribution in [3.8, 4) is 17.5 Å². The average molecular weight is 385 g/mol. The lowest BCUT2D eigenvalue weighted by Gasteiger charge is -2.10. The Morgan fingerprint density at radius 2 is 1.86 bits per heavy atom. The summed E-state index contributed by atoms with van der Waals surface area (Å²) < 4.78 is 7.37. The van der Waals surface area contributed by atoms with Gasteiger partial charge in [-0.15, -0.1) is 0 Å². The number of carbonyl (C=O) groups excluding carboxylic acids is 1. The first-order valence-corrected chi connectivity index (χ1v) is 9.26. The zero-order chi connectivity index (χ0) is 21.0. The van der Waals surface area contributed by atoms with E-state index in [0.29, 0.717) is 11.4 Å². The molecule has 1 amide bonds. The lowest BCUT2D eigenvalue weighted by molar-refractivity contribution is -0.112. The SMILES string of the molecule is COc1ccccc1NC(=O)/C(C#N)=C/c1cc(C)n(-c2cccc(C)c2)c1C. The predicted molar refractivity (Wildman–Crippen MR) is 115 cm³/mol. The molecule has 0 saturated carbocycles. The summed E-state index contributed by atoms with van der Waals surface area (Å²) in [5.74, 6) is 0.0631. The summed E-state index contributed by atoms with van der Waals surface area (Å²) in [7, 11) is 1.53. The fourth-order valence-electron chi connectivity index (χ4n) is 3.34. The number of para-hydroxylation sites is 2. The maximum Gasteiger partial charge on any atom is 0.266 e. The molecule has 0 unspecified atom stereocenters. The van der Waals surface area contributed by atoms with Crippen LogP contribution in [-0.2, 0) is 4.79 Å². The summed E-state index contributed by atoms with van der Waals surface area (Å²) >= 11 is 0. The molecule has 5 nitrogen and oxygen atoms in total. The van der Waals surface area contributed by atoms with Crippen LogP contribution in [0.5, 0.6) is 5.75 Å². The smallest absolute Gasteiger partial charge is 0.266 e. The molecule has 0 aliphatic rings. The normalized spacial score (nSPS) is 11.1. The van der Waals surface area contributed by atoms with E-state index in [1.54, 1.807) is 24.3 Å². The van der Waals surface area contributed by atoms with Gasteiger partial charge in [-0.1, -0.05) is 24.3 Å². The van der Waals surface area contributed by atoms with Gasteiger partial charge in [0, 0.05) is 17.1 Å². The fraction of sp³-hybridized carbons (Fsp3) is 0.167. The van der Waals surface area contributed by atoms with Gasteiger partial charge < -0.3 is 14.6 Å². The molecule has 0 aliphatic heterocycles. The maximum absolute atomic E-state index is 12.7. The molecule has 146 valence electrons. The lowest BCUT2D eigenvalue weighted by Crippen LogP contribution is -2.14. The quantitative estimate of drug-likeness (QED) is 0.499. The minimum atomic E-state index is -0.475. The van der Waals surface area contributed by atoms with Gasteiger partial charge >= 0.3 is 0 Å². The van der Waals surface area contributed by atoms with Gasteiger partial charge in [0.25, 0.3) is 5.91 Å². The third-order valence-corrected chi connectivity index (χ3v) is 4.75. The van der Waals surface area contributed by atoms with Crippen molar-refractivity contribution in [2.75, 3.05) is 12.4 Å². The monoisotopic (exact) mass is 385 g/mol. The van der Waals surface area contributed by atoms with E-state index < -0.39 is 5.91 Å². The molecule has 0 aliphatic carbocycles. The Labute approximate surface area is 170 Å². The molecule has 29 heavy (non-hydrogen) atoms. The van der Waals surface area contributed by atoms with E-state index in [1.807, 2.05) is 44.2 Å². The highest BCUT2D eigenvalue weighted by Crippen LogP contribution is 2.25. The van der Waals surface area contributed by atoms with Crippen LogP contribution in [0.2, 0.25) is 0 Å². The highest BCUT2D eigenvalue weighted by atomic mass is 16.5. The lowest BCUT2D eigenvalue weighted by atomic mass is 10.1. The molecule has 0 atom stereocenters. The van der Waals surface area contributed by atoms with E-state index in [2.05, 4.69) is 28.9 Å². The molecule has 0 fully saturated rings. The fourth-order valence-corrected chi connectivity index (χ4v) is 3.34. The van der Waals surface area contributed by atoms with Crippen molar-refractivity contribution in [1.29, 1.82) is 5.26 Å². The zero-order valence-corrected chi connectivity index (χ0v) is 17.0. The summed E-state index contributed by atoms with van der Waals surface area (Å²) in [6.07, 6.45) is 1.62. The summed E-state index contributed by atoms with van der Waals surface area (Å²) in [6.45, 7) is 6.04. The first-order valence-electron chi connectivity index (χ1n) is 9.26. The summed E-state index contributed by atoms with van der Waals surface area (Å²) in [4.78, 5) is 12.7. The van der Waals surface area contributed by atoms with E-state index in [4.69, 9.17) is 4.74 Å². The van der Waals surface area contributed by atoms with Crippen LogP contribution in [0.15, 0.2) is 60.2 Å². The Balaban J connectivity index is 1.95. The van der Waals surface area contributed by atoms with Crippen LogP contribution in [-0.4, -0.2) is 17.6 Å². The number of anilines is 1. The average Bonchev–Trinajstić information content (AvgIpc) is 2.99. The number of amides is 1. The van der Waals surface area contributed by atoms with Gasteiger partial charge in [0.2, 0.25) is 0 Å². The van der Waals surface area contributed by atoms with Gasteiger partial charge in [-0.2, -0.15) is 5.26 Å². The molecule has 0 radical (unpaired) electrons. The third kappa shape index (κ3) is 4.22. The van der Waals surface area contributed by atoms with Crippen LogP contribution in [0.4, 0.5) is 5.69 Å². The van der Waals surface area contributed by atoms with Gasteiger partial charge in [0.05, 0.1) is 12.8 Å². The molecule has 3 rings (SSSR count). The molecule has 0 bridgehead atoms. The second-order valence-corrected chi connectivity index (χ2v) is 6.83. The number of methoxy groups -OCH3 is 1. The number of nitrogens with one attached hydrogen (secondary N) is 1. The largest absolute Gasteiger partial charge is 0.495 e. The van der Waals surface area contributed by atoms with Gasteiger partial charge in [-0.25, -0.2) is 0 Å². The Morgan fingerprint density at radius 1 is 1.10 bits per heavy atom. The minimum Gasteiger partial charge on any atom is -0.495 e. The number of rotatable bonds is 5. The van der Waals surface area contributed by atoms with E-state index in [1.165, 1.54) is 12.7 Å². The number of nitrogens with zero attached hydrogens (tertiary/aromatic N) is 2. The molecule has 2 aromatic carbocycles. The van der Waals surface area contributed by atoms with E-state index in [-0.39, 0.29) is 5.57 Å². The van der Waals surface area contributed by atoms with Crippen molar-refractivity contribution in [1.82, 2.24) is 4.57 Å². The minimum absolute atomic E-state index is 0.0281. The number of aromatic nitrogens is 1. The van der Waals surface area contributed by atoms with Crippen molar-refractivity contribution < 1.29 is 9.53 Å². The number of carbonyl (C=O) groups is 1. The van der Waals surface area contributed by atoms with Crippen LogP contribution in [0.3, 0.4) is 0 Å². The third-order valence-electron chi connectivity index (χ3n) is 4.75. The number of hydrogen-bond acceptors (Lipinski definition) is 3. The zero-order valence-electron chi connectivity index (χ0n) is 17.0. The molecule has 1 N–H and O–H groups in total. The number of benzene rings is 2. The summed E-state index contributed by atoms with van der Waals surface area (Å²) in [5.41, 5.74) is 5.59. The highest BCUT2D eigenvalue weighted by molar-refractivity contribution is 6.10. The number of ether oxygens (including phenoxy) is 1. The molecule has 0 saturated heterocycles. The Hall–Kier alpha value is -3.78. The standard InChI is InChI=1S/C24H23N3O2/c1-16-8-7-9-21(12-16)27-17(2)13-19(18(27)3)14-20(15-25)24(28)26-22-10-5-6-11-23(22)29-4/h5-14H,1-4H3,(H,26,28)/b20-14+. The van der Waals surface area contributed by atoms with Gasteiger partial charge in [-0.05, 0) is 68.3 Å². The van der Waals surface area contributed by atoms with Crippen LogP contribution < -0.4 is 10.1 Å². The molecule has 0 spiro atoms. The van der Waals surface area contributed by atoms with Crippen LogP contribution in [0.25, 0.3) is 11.8 Å². The van der Waals surface area contributed by atoms with Crippen LogP contribution in [0.1, 0.15) is 22.5 Å². The number of aryl methyl sites for hydroxylation is 2. The molecular formula is C24H23N3O2. The van der Waals surface area contributed by atoms with E-state index >= 15 is 0 Å². The molecule has 1 aromatic heterocycles. The van der Waals surface area contributed by atoms with E-state index in [0.717, 1.165) is 22.6 Å². The van der Waals surface area contributed by atoms with Crippen LogP contribution >= 0.6 is 0 Å². The molecule has 5 heteroatoms. The molecule has 1 heterocycles. The van der Waals surface area contributed by atoms with E-state index in [9.17, 15) is 10.1 Å². The topological polar surface area (TPSA) is 67.0 Å². The van der Waals surface area contributed by atoms with Gasteiger partial charge in [-0.3, -0.25) is 4.79 Å². The Kier molecular flexibility index (Phi) is 5.85. The van der Waals surface area contributed by atoms with Crippen molar-refractivity contribution in [3.63, 3.8) is 0 Å². The van der Waals surface area contributed by atoms with Gasteiger partial charge in [0.1, 0.15) is 17.4 Å². The van der Waals surface area contributed by atoms with Gasteiger partial charge in [0.15, 0.2) is 0 Å². The van der Waals surface area contributed by atoms with Crippen molar-refractivity contribution in [2.45, 2.75) is 20.8 Å². The maximum atomic E-state index is 12.7. The first kappa shape index (κ1) is 20.0. The molecular weight excluding hydrogens is 362 g/mol. The summed E-state index contributed by atoms with van der Waals surface area (Å²) in [5, 5.41) is 12.3. The van der Waals surface area contributed by atoms with Crippen LogP contribution in [0, 0.1) is 32.1 Å². The summed E-state index contributed by atoms with van der Waals surface area (Å²) in [6, 6.07) is 19.3. The highest BCUT2D eigenvalue weighted by Gasteiger charge is 2.15. The second-order valence-electron chi connectivity index (χ2n) is 6.83.